The van der Waals surface area contributed by atoms with E-state index < -0.39 is 5.97 Å². The molecule has 2 saturated carbocycles. The van der Waals surface area contributed by atoms with Crippen molar-refractivity contribution >= 4 is 56.9 Å². The van der Waals surface area contributed by atoms with Gasteiger partial charge in [-0.15, -0.1) is 22.7 Å². The maximum Gasteiger partial charge on any atom is 0.317 e. The molecule has 0 saturated heterocycles. The van der Waals surface area contributed by atoms with Crippen molar-refractivity contribution in [3.05, 3.63) is 165 Å². The lowest BCUT2D eigenvalue weighted by Crippen LogP contribution is -2.20. The molecule has 0 aliphatic heterocycles. The minimum absolute atomic E-state index is 0.111. The smallest absolute Gasteiger partial charge is 0.317 e. The van der Waals surface area contributed by atoms with Crippen LogP contribution in [0.4, 0.5) is 17.3 Å². The molecule has 2 fully saturated rings. The number of pyridine rings is 1. The van der Waals surface area contributed by atoms with Crippen molar-refractivity contribution < 1.29 is 28.8 Å². The van der Waals surface area contributed by atoms with Crippen molar-refractivity contribution in [2.45, 2.75) is 76.4 Å². The number of benzene rings is 4. The van der Waals surface area contributed by atoms with Crippen LogP contribution in [0.25, 0.3) is 27.1 Å². The second-order valence-electron chi connectivity index (χ2n) is 18.3. The number of carbonyl (C=O) groups is 1. The molecule has 0 atom stereocenters. The molecular formula is C56H57N11O6S2. The predicted octanol–water partition coefficient (Wildman–Crippen LogP) is 12.6. The second kappa shape index (κ2) is 24.6. The number of likely N-dealkylation sites (N-methyl/N-ethyl adjacent to an activating group) is 1. The van der Waals surface area contributed by atoms with Gasteiger partial charge in [0.15, 0.2) is 0 Å². The number of ether oxygens (including phenoxy) is 4. The first kappa shape index (κ1) is 51.6. The summed E-state index contributed by atoms with van der Waals surface area (Å²) in [7, 11) is 3.43. The quantitative estimate of drug-likeness (QED) is 0.0770. The van der Waals surface area contributed by atoms with Crippen molar-refractivity contribution in [1.29, 1.82) is 0 Å². The number of fused-ring (bicyclic) bond motifs is 1. The number of aromatic nitrogens is 7. The van der Waals surface area contributed by atoms with Crippen molar-refractivity contribution in [3.8, 4) is 45.9 Å². The number of anilines is 2. The molecule has 0 spiro atoms. The minimum Gasteiger partial charge on any atom is -0.488 e. The van der Waals surface area contributed by atoms with Gasteiger partial charge >= 0.3 is 5.97 Å². The summed E-state index contributed by atoms with van der Waals surface area (Å²) in [5.74, 6) is 5.18. The lowest BCUT2D eigenvalue weighted by Gasteiger charge is -2.10. The van der Waals surface area contributed by atoms with Crippen molar-refractivity contribution in [1.82, 2.24) is 39.4 Å². The van der Waals surface area contributed by atoms with Crippen LogP contribution in [0.3, 0.4) is 0 Å². The van der Waals surface area contributed by atoms with Crippen LogP contribution in [0.15, 0.2) is 133 Å². The number of carboxylic acid groups (broad SMARTS) is 1. The van der Waals surface area contributed by atoms with Gasteiger partial charge in [0.2, 0.25) is 0 Å². The molecule has 75 heavy (non-hydrogen) atoms. The maximum absolute atomic E-state index is 9.77. The number of rotatable bonds is 16. The van der Waals surface area contributed by atoms with Crippen LogP contribution in [0, 0.1) is 6.57 Å². The number of thiazole rings is 2. The van der Waals surface area contributed by atoms with Gasteiger partial charge in [-0.25, -0.2) is 9.67 Å². The molecule has 19 heteroatoms. The lowest BCUT2D eigenvalue weighted by molar-refractivity contribution is -0.137. The first-order valence-electron chi connectivity index (χ1n) is 24.6. The summed E-state index contributed by atoms with van der Waals surface area (Å²) in [5.41, 5.74) is 21.2. The highest BCUT2D eigenvalue weighted by molar-refractivity contribution is 7.09. The summed E-state index contributed by atoms with van der Waals surface area (Å²) >= 11 is 3.13. The zero-order valence-corrected chi connectivity index (χ0v) is 43.3. The van der Waals surface area contributed by atoms with Gasteiger partial charge < -0.3 is 40.4 Å². The van der Waals surface area contributed by atoms with E-state index in [2.05, 4.69) is 19.8 Å². The van der Waals surface area contributed by atoms with Crippen molar-refractivity contribution in [3.63, 3.8) is 0 Å². The molecule has 0 unspecified atom stereocenters. The van der Waals surface area contributed by atoms with Gasteiger partial charge in [-0.3, -0.25) is 19.7 Å². The van der Waals surface area contributed by atoms with E-state index in [0.29, 0.717) is 59.6 Å². The van der Waals surface area contributed by atoms with E-state index in [1.807, 2.05) is 114 Å². The molecule has 384 valence electrons. The number of nitrogens with two attached hydrogens (primary N) is 2. The number of hydrogen-bond acceptors (Lipinski definition) is 15. The van der Waals surface area contributed by atoms with E-state index in [1.165, 1.54) is 38.5 Å². The number of carboxylic acids is 1. The molecule has 0 amide bonds. The van der Waals surface area contributed by atoms with Gasteiger partial charge in [0.1, 0.15) is 64.7 Å². The Labute approximate surface area is 442 Å². The normalized spacial score (nSPS) is 13.4. The Morgan fingerprint density at radius 1 is 0.693 bits per heavy atom. The van der Waals surface area contributed by atoms with Crippen LogP contribution in [0.5, 0.6) is 34.5 Å². The molecule has 2 aliphatic carbocycles. The van der Waals surface area contributed by atoms with Crippen LogP contribution >= 0.6 is 22.7 Å². The van der Waals surface area contributed by atoms with Gasteiger partial charge in [0, 0.05) is 47.9 Å². The van der Waals surface area contributed by atoms with Crippen molar-refractivity contribution in [2.75, 3.05) is 32.1 Å². The second-order valence-corrected chi connectivity index (χ2v) is 20.2. The first-order valence-corrected chi connectivity index (χ1v) is 26.4. The Balaban J connectivity index is 0.000000163. The molecular weight excluding hydrogens is 987 g/mol. The average Bonchev–Trinajstić information content (AvgIpc) is 4.29. The number of aliphatic carboxylic acids is 1. The third-order valence-corrected chi connectivity index (χ3v) is 14.1. The van der Waals surface area contributed by atoms with E-state index >= 15 is 0 Å². The van der Waals surface area contributed by atoms with E-state index in [0.717, 1.165) is 73.5 Å². The van der Waals surface area contributed by atoms with Gasteiger partial charge in [0.25, 0.3) is 5.82 Å². The Morgan fingerprint density at radius 2 is 1.19 bits per heavy atom. The van der Waals surface area contributed by atoms with Crippen LogP contribution in [0.1, 0.15) is 84.3 Å². The number of nitrogen functional groups attached to an aromatic ring is 2. The summed E-state index contributed by atoms with van der Waals surface area (Å²) in [5, 5.41) is 18.9. The molecule has 5 heterocycles. The fraction of sp³-hybridized carbons (Fsp3) is 0.268. The summed E-state index contributed by atoms with van der Waals surface area (Å²) in [6.45, 7) is 8.67. The SMILES string of the molecule is CN(C)CC(=O)O.Nc1nccc2c(C3CCCC3)nn(-c3ccc(Oc4cccc(OCc5cncs5)c4)cc3)c12.[C-]#[N+]c1c(N)c(C2CCCC2)nn1-c1ccc(Oc2cccc(OCc3cncs3)c2)cc1. The summed E-state index contributed by atoms with van der Waals surface area (Å²) in [4.78, 5) is 29.6. The molecule has 5 N–H and O–H groups in total. The fourth-order valence-electron chi connectivity index (χ4n) is 9.07. The molecule has 4 aromatic carbocycles. The maximum atomic E-state index is 9.77. The van der Waals surface area contributed by atoms with Gasteiger partial charge in [-0.1, -0.05) is 49.5 Å². The monoisotopic (exact) mass is 1040 g/mol. The van der Waals surface area contributed by atoms with Crippen LogP contribution in [-0.4, -0.2) is 71.1 Å². The highest BCUT2D eigenvalue weighted by Crippen LogP contribution is 2.42. The Hall–Kier alpha value is -8.31. The average molecular weight is 1040 g/mol. The Kier molecular flexibility index (Phi) is 16.9. The largest absolute Gasteiger partial charge is 0.488 e. The summed E-state index contributed by atoms with van der Waals surface area (Å²) < 4.78 is 27.4. The lowest BCUT2D eigenvalue weighted by atomic mass is 10.0. The number of hydrogen-bond donors (Lipinski definition) is 3. The topological polar surface area (TPSA) is 208 Å². The zero-order chi connectivity index (χ0) is 52.1. The van der Waals surface area contributed by atoms with Gasteiger partial charge in [-0.2, -0.15) is 9.78 Å². The molecule has 9 aromatic rings. The third kappa shape index (κ3) is 13.3. The number of nitrogens with zero attached hydrogens (tertiary/aromatic N) is 9. The van der Waals surface area contributed by atoms with E-state index in [-0.39, 0.29) is 6.54 Å². The standard InChI is InChI=1S/C27H25N5O2S.C25H23N5O2S.C4H9NO2/c28-27-26-24(12-13-30-27)25(18-4-1-2-5-18)31-32(26)19-8-10-20(11-9-19)34-22-7-3-6-21(14-22)33-16-23-15-29-17-35-23;1-27-25-23(26)24(17-5-2-3-6-17)29-30(25)18-9-11-19(12-10-18)32-21-8-4-7-20(13-21)31-15-22-14-28-16-33-22;1-5(2)3-4(6)7/h3,6-15,17-18H,1-2,4-5,16H2,(H2,28,30);4,7-14,16-17H,2-3,5-6,15,26H2;3H2,1-2H3,(H,6,7). The highest BCUT2D eigenvalue weighted by atomic mass is 32.1. The predicted molar refractivity (Wildman–Crippen MR) is 292 cm³/mol. The van der Waals surface area contributed by atoms with E-state index in [4.69, 9.17) is 52.3 Å². The summed E-state index contributed by atoms with van der Waals surface area (Å²) in [6.07, 6.45) is 14.8. The zero-order valence-electron chi connectivity index (χ0n) is 41.6. The highest BCUT2D eigenvalue weighted by Gasteiger charge is 2.28. The molecule has 0 radical (unpaired) electrons. The van der Waals surface area contributed by atoms with Crippen LogP contribution < -0.4 is 30.4 Å². The molecule has 5 aromatic heterocycles. The van der Waals surface area contributed by atoms with Gasteiger partial charge in [0.05, 0.1) is 50.1 Å². The Morgan fingerprint density at radius 3 is 1.65 bits per heavy atom. The summed E-state index contributed by atoms with van der Waals surface area (Å²) in [6, 6.07) is 32.6. The van der Waals surface area contributed by atoms with E-state index in [1.54, 1.807) is 69.8 Å². The molecule has 2 aliphatic rings. The van der Waals surface area contributed by atoms with Gasteiger partial charge in [-0.05, 0) is 119 Å². The third-order valence-electron chi connectivity index (χ3n) is 12.6. The first-order chi connectivity index (χ1) is 36.6. The minimum atomic E-state index is -0.787. The molecule has 0 bridgehead atoms. The van der Waals surface area contributed by atoms with Crippen LogP contribution in [0.2, 0.25) is 0 Å². The van der Waals surface area contributed by atoms with Crippen molar-refractivity contribution in [2.24, 2.45) is 0 Å². The molecule has 17 nitrogen and oxygen atoms in total. The van der Waals surface area contributed by atoms with Crippen LogP contribution in [-0.2, 0) is 18.0 Å². The van der Waals surface area contributed by atoms with E-state index in [9.17, 15) is 4.79 Å². The fourth-order valence-corrected chi connectivity index (χ4v) is 10.1. The molecule has 11 rings (SSSR count). The Bertz CT molecular complexity index is 3320.